The summed E-state index contributed by atoms with van der Waals surface area (Å²) in [6, 6.07) is 12.7. The summed E-state index contributed by atoms with van der Waals surface area (Å²) >= 11 is 0. The minimum absolute atomic E-state index is 0.110. The highest BCUT2D eigenvalue weighted by molar-refractivity contribution is 5.27. The summed E-state index contributed by atoms with van der Waals surface area (Å²) in [5, 5.41) is 0. The number of halogens is 1. The highest BCUT2D eigenvalue weighted by Gasteiger charge is 2.23. The van der Waals surface area contributed by atoms with Crippen LogP contribution in [0.1, 0.15) is 28.6 Å². The lowest BCUT2D eigenvalue weighted by atomic mass is 10.1. The molecule has 4 rings (SSSR count). The average Bonchev–Trinajstić information content (AvgIpc) is 2.76. The molecular weight excluding hydrogens is 381 g/mol. The van der Waals surface area contributed by atoms with Gasteiger partial charge >= 0.3 is 0 Å². The largest absolute Gasteiger partial charge is 0.369 e. The van der Waals surface area contributed by atoms with Crippen LogP contribution in [0.4, 0.5) is 10.3 Å². The topological polar surface area (TPSA) is 54.4 Å². The van der Waals surface area contributed by atoms with E-state index in [4.69, 9.17) is 9.72 Å². The van der Waals surface area contributed by atoms with Crippen molar-refractivity contribution < 1.29 is 9.13 Å². The van der Waals surface area contributed by atoms with E-state index in [9.17, 15) is 4.39 Å². The molecule has 156 valence electrons. The fourth-order valence-corrected chi connectivity index (χ4v) is 3.56. The van der Waals surface area contributed by atoms with Gasteiger partial charge in [-0.05, 0) is 23.8 Å². The van der Waals surface area contributed by atoms with E-state index in [-0.39, 0.29) is 11.9 Å². The van der Waals surface area contributed by atoms with Crippen molar-refractivity contribution >= 4 is 5.95 Å². The zero-order chi connectivity index (χ0) is 20.9. The van der Waals surface area contributed by atoms with Crippen molar-refractivity contribution in [1.82, 2.24) is 19.9 Å². The van der Waals surface area contributed by atoms with Gasteiger partial charge in [0.1, 0.15) is 11.9 Å². The summed E-state index contributed by atoms with van der Waals surface area (Å²) in [5.41, 5.74) is 3.44. The summed E-state index contributed by atoms with van der Waals surface area (Å²) in [7, 11) is 3.85. The minimum Gasteiger partial charge on any atom is -0.369 e. The van der Waals surface area contributed by atoms with Gasteiger partial charge in [0.05, 0.1) is 12.3 Å². The number of ether oxygens (including phenoxy) is 1. The predicted molar refractivity (Wildman–Crippen MR) is 114 cm³/mol. The first-order chi connectivity index (χ1) is 14.6. The maximum Gasteiger partial charge on any atom is 0.224 e. The van der Waals surface area contributed by atoms with Gasteiger partial charge in [0.25, 0.3) is 0 Å². The van der Waals surface area contributed by atoms with E-state index < -0.39 is 0 Å². The summed E-state index contributed by atoms with van der Waals surface area (Å²) < 4.78 is 20.0. The molecule has 6 nitrogen and oxygen atoms in total. The number of aromatic nitrogens is 3. The van der Waals surface area contributed by atoms with Crippen LogP contribution in [0.3, 0.4) is 0 Å². The molecule has 7 heteroatoms. The third kappa shape index (κ3) is 4.98. The van der Waals surface area contributed by atoms with E-state index >= 15 is 0 Å². The highest BCUT2D eigenvalue weighted by Crippen LogP contribution is 2.23. The number of hydrogen-bond donors (Lipinski definition) is 0. The molecule has 3 aromatic rings. The molecule has 3 heterocycles. The standard InChI is InChI=1S/C23H26FN5O/c1-28(2)23-25-13-17(14-26-23)15-29-10-11-30-22(16-29)21-9-5-7-19(27-21)12-18-6-3-4-8-20(18)24/h3-9,13-14,22H,10-12,15-16H2,1-2H3/t22-/m1/s1. The summed E-state index contributed by atoms with van der Waals surface area (Å²) in [5.74, 6) is 0.502. The smallest absolute Gasteiger partial charge is 0.224 e. The van der Waals surface area contributed by atoms with Crippen LogP contribution < -0.4 is 4.90 Å². The molecular formula is C23H26FN5O. The van der Waals surface area contributed by atoms with E-state index in [0.717, 1.165) is 36.6 Å². The van der Waals surface area contributed by atoms with Crippen LogP contribution in [0.2, 0.25) is 0 Å². The van der Waals surface area contributed by atoms with Crippen molar-refractivity contribution in [3.05, 3.63) is 83.2 Å². The Hall–Kier alpha value is -2.90. The Morgan fingerprint density at radius 3 is 2.67 bits per heavy atom. The van der Waals surface area contributed by atoms with Gasteiger partial charge in [0.15, 0.2) is 0 Å². The lowest BCUT2D eigenvalue weighted by Crippen LogP contribution is -2.38. The Morgan fingerprint density at radius 1 is 1.10 bits per heavy atom. The molecule has 0 saturated carbocycles. The van der Waals surface area contributed by atoms with Gasteiger partial charge in [0.2, 0.25) is 5.95 Å². The molecule has 30 heavy (non-hydrogen) atoms. The zero-order valence-corrected chi connectivity index (χ0v) is 17.3. The first kappa shape index (κ1) is 20.4. The van der Waals surface area contributed by atoms with Crippen molar-refractivity contribution in [3.8, 4) is 0 Å². The van der Waals surface area contributed by atoms with E-state index in [1.54, 1.807) is 12.1 Å². The molecule has 2 aromatic heterocycles. The Morgan fingerprint density at radius 2 is 1.90 bits per heavy atom. The number of nitrogens with zero attached hydrogens (tertiary/aromatic N) is 5. The van der Waals surface area contributed by atoms with Gasteiger partial charge in [-0.1, -0.05) is 24.3 Å². The van der Waals surface area contributed by atoms with Gasteiger partial charge in [-0.2, -0.15) is 0 Å². The number of benzene rings is 1. The fourth-order valence-electron chi connectivity index (χ4n) is 3.56. The second kappa shape index (κ2) is 9.28. The molecule has 1 atom stereocenters. The second-order valence-corrected chi connectivity index (χ2v) is 7.70. The number of hydrogen-bond acceptors (Lipinski definition) is 6. The quantitative estimate of drug-likeness (QED) is 0.625. The molecule has 1 aliphatic heterocycles. The van der Waals surface area contributed by atoms with Crippen molar-refractivity contribution in [3.63, 3.8) is 0 Å². The molecule has 1 aromatic carbocycles. The number of morpholine rings is 1. The number of rotatable bonds is 6. The first-order valence-corrected chi connectivity index (χ1v) is 10.1. The Labute approximate surface area is 176 Å². The lowest BCUT2D eigenvalue weighted by Gasteiger charge is -2.32. The van der Waals surface area contributed by atoms with Crippen LogP contribution in [-0.4, -0.2) is 53.6 Å². The molecule has 0 amide bonds. The van der Waals surface area contributed by atoms with Gasteiger partial charge in [-0.15, -0.1) is 0 Å². The Kier molecular flexibility index (Phi) is 6.30. The number of pyridine rings is 1. The van der Waals surface area contributed by atoms with Crippen molar-refractivity contribution in [2.45, 2.75) is 19.1 Å². The second-order valence-electron chi connectivity index (χ2n) is 7.70. The van der Waals surface area contributed by atoms with E-state index in [1.807, 2.05) is 55.7 Å². The van der Waals surface area contributed by atoms with E-state index in [1.165, 1.54) is 6.07 Å². The molecule has 0 radical (unpaired) electrons. The highest BCUT2D eigenvalue weighted by atomic mass is 19.1. The Balaban J connectivity index is 1.42. The van der Waals surface area contributed by atoms with Crippen LogP contribution in [0.15, 0.2) is 54.9 Å². The maximum absolute atomic E-state index is 14.0. The number of anilines is 1. The molecule has 0 aliphatic carbocycles. The van der Waals surface area contributed by atoms with Crippen LogP contribution >= 0.6 is 0 Å². The predicted octanol–water partition coefficient (Wildman–Crippen LogP) is 3.24. The van der Waals surface area contributed by atoms with Crippen molar-refractivity contribution in [2.75, 3.05) is 38.7 Å². The van der Waals surface area contributed by atoms with Crippen LogP contribution in [0.25, 0.3) is 0 Å². The first-order valence-electron chi connectivity index (χ1n) is 10.1. The summed E-state index contributed by atoms with van der Waals surface area (Å²) in [6.07, 6.45) is 4.11. The normalized spacial score (nSPS) is 17.1. The van der Waals surface area contributed by atoms with Crippen LogP contribution in [0, 0.1) is 5.82 Å². The Bertz CT molecular complexity index is 979. The van der Waals surface area contributed by atoms with Gasteiger partial charge in [-0.3, -0.25) is 9.88 Å². The van der Waals surface area contributed by atoms with Gasteiger partial charge < -0.3 is 9.64 Å². The SMILES string of the molecule is CN(C)c1ncc(CN2CCO[C@@H](c3cccc(Cc4ccccc4F)n3)C2)cn1. The molecule has 1 aliphatic rings. The van der Waals surface area contributed by atoms with Gasteiger partial charge in [0, 0.05) is 63.8 Å². The molecule has 0 bridgehead atoms. The summed E-state index contributed by atoms with van der Waals surface area (Å²) in [6.45, 7) is 3.00. The van der Waals surface area contributed by atoms with E-state index in [0.29, 0.717) is 24.5 Å². The molecule has 0 spiro atoms. The fraction of sp³-hybridized carbons (Fsp3) is 0.348. The summed E-state index contributed by atoms with van der Waals surface area (Å²) in [4.78, 5) is 17.8. The minimum atomic E-state index is -0.202. The van der Waals surface area contributed by atoms with Crippen molar-refractivity contribution in [2.24, 2.45) is 0 Å². The third-order valence-corrected chi connectivity index (χ3v) is 5.14. The van der Waals surface area contributed by atoms with Crippen LogP contribution in [-0.2, 0) is 17.7 Å². The van der Waals surface area contributed by atoms with E-state index in [2.05, 4.69) is 14.9 Å². The molecule has 1 fully saturated rings. The molecule has 1 saturated heterocycles. The lowest BCUT2D eigenvalue weighted by molar-refractivity contribution is -0.0351. The van der Waals surface area contributed by atoms with Crippen LogP contribution in [0.5, 0.6) is 0 Å². The zero-order valence-electron chi connectivity index (χ0n) is 17.3. The van der Waals surface area contributed by atoms with Crippen molar-refractivity contribution in [1.29, 1.82) is 0 Å². The maximum atomic E-state index is 14.0. The monoisotopic (exact) mass is 407 g/mol. The molecule has 0 unspecified atom stereocenters. The van der Waals surface area contributed by atoms with Gasteiger partial charge in [-0.25, -0.2) is 14.4 Å². The third-order valence-electron chi connectivity index (χ3n) is 5.14. The average molecular weight is 407 g/mol. The molecule has 0 N–H and O–H groups in total.